The van der Waals surface area contributed by atoms with Crippen LogP contribution in [0.1, 0.15) is 50.8 Å². The highest BCUT2D eigenvalue weighted by Gasteiger charge is 2.30. The molecule has 0 saturated carbocycles. The van der Waals surface area contributed by atoms with Crippen LogP contribution in [0.2, 0.25) is 10.0 Å². The number of aryl methyl sites for hydroxylation is 1. The van der Waals surface area contributed by atoms with E-state index in [0.717, 1.165) is 16.7 Å². The van der Waals surface area contributed by atoms with Crippen molar-refractivity contribution in [3.63, 3.8) is 0 Å². The number of hydrogen-bond donors (Lipinski definition) is 1. The molecule has 0 radical (unpaired) electrons. The van der Waals surface area contributed by atoms with Crippen LogP contribution in [0.15, 0.2) is 42.5 Å². The zero-order valence-corrected chi connectivity index (χ0v) is 19.8. The average Bonchev–Trinajstić information content (AvgIpc) is 2.64. The lowest BCUT2D eigenvalue weighted by atomic mass is 10.0. The maximum absolute atomic E-state index is 13.3. The Morgan fingerprint density at radius 1 is 1.00 bits per heavy atom. The smallest absolute Gasteiger partial charge is 0.243 e. The van der Waals surface area contributed by atoms with Gasteiger partial charge in [0.05, 0.1) is 16.5 Å². The molecule has 0 bridgehead atoms. The van der Waals surface area contributed by atoms with Crippen molar-refractivity contribution in [2.45, 2.75) is 65.6 Å². The van der Waals surface area contributed by atoms with Crippen molar-refractivity contribution in [3.05, 3.63) is 69.2 Å². The molecule has 0 aliphatic rings. The minimum Gasteiger partial charge on any atom is -0.350 e. The second kappa shape index (κ2) is 10.3. The van der Waals surface area contributed by atoms with E-state index in [4.69, 9.17) is 23.2 Å². The van der Waals surface area contributed by atoms with Gasteiger partial charge in [-0.15, -0.1) is 0 Å². The second-order valence-corrected chi connectivity index (χ2v) is 9.41. The summed E-state index contributed by atoms with van der Waals surface area (Å²) >= 11 is 12.1. The maximum atomic E-state index is 13.3. The standard InChI is InChI=1S/C24H30Cl2N2O2/c1-6-21(23(30)27-24(3,4)5)28(15-17-9-7-16(2)8-10-17)22(29)14-18-11-12-19(25)20(26)13-18/h7-13,21H,6,14-15H2,1-5H3,(H,27,30). The van der Waals surface area contributed by atoms with Gasteiger partial charge in [0.25, 0.3) is 0 Å². The minimum atomic E-state index is -0.569. The summed E-state index contributed by atoms with van der Waals surface area (Å²) < 4.78 is 0. The molecule has 0 fully saturated rings. The number of benzene rings is 2. The second-order valence-electron chi connectivity index (χ2n) is 8.60. The van der Waals surface area contributed by atoms with E-state index in [-0.39, 0.29) is 23.8 Å². The topological polar surface area (TPSA) is 49.4 Å². The predicted molar refractivity (Wildman–Crippen MR) is 124 cm³/mol. The van der Waals surface area contributed by atoms with Crippen molar-refractivity contribution in [2.75, 3.05) is 0 Å². The van der Waals surface area contributed by atoms with Crippen LogP contribution in [0.3, 0.4) is 0 Å². The average molecular weight is 449 g/mol. The number of carbonyl (C=O) groups excluding carboxylic acids is 2. The van der Waals surface area contributed by atoms with E-state index in [1.807, 2.05) is 58.9 Å². The summed E-state index contributed by atoms with van der Waals surface area (Å²) in [5, 5.41) is 3.86. The molecule has 162 valence electrons. The van der Waals surface area contributed by atoms with E-state index in [9.17, 15) is 9.59 Å². The molecule has 6 heteroatoms. The molecule has 0 saturated heterocycles. The molecule has 4 nitrogen and oxygen atoms in total. The van der Waals surface area contributed by atoms with Crippen LogP contribution in [0, 0.1) is 6.92 Å². The number of halogens is 2. The maximum Gasteiger partial charge on any atom is 0.243 e. The molecule has 0 aliphatic carbocycles. The lowest BCUT2D eigenvalue weighted by Gasteiger charge is -2.33. The van der Waals surface area contributed by atoms with Gasteiger partial charge in [-0.2, -0.15) is 0 Å². The van der Waals surface area contributed by atoms with Crippen LogP contribution in [0.25, 0.3) is 0 Å². The van der Waals surface area contributed by atoms with Crippen molar-refractivity contribution in [1.82, 2.24) is 10.2 Å². The molecule has 2 aromatic rings. The Morgan fingerprint density at radius 2 is 1.60 bits per heavy atom. The lowest BCUT2D eigenvalue weighted by molar-refractivity contribution is -0.141. The summed E-state index contributed by atoms with van der Waals surface area (Å²) in [7, 11) is 0. The first-order valence-electron chi connectivity index (χ1n) is 10.1. The fourth-order valence-electron chi connectivity index (χ4n) is 3.19. The van der Waals surface area contributed by atoms with Crippen LogP contribution in [-0.2, 0) is 22.6 Å². The Morgan fingerprint density at radius 3 is 2.13 bits per heavy atom. The molecule has 0 heterocycles. The highest BCUT2D eigenvalue weighted by atomic mass is 35.5. The first-order valence-corrected chi connectivity index (χ1v) is 10.9. The van der Waals surface area contributed by atoms with Gasteiger partial charge in [0.2, 0.25) is 11.8 Å². The molecule has 2 amide bonds. The van der Waals surface area contributed by atoms with E-state index in [1.54, 1.807) is 23.1 Å². The van der Waals surface area contributed by atoms with Crippen molar-refractivity contribution in [2.24, 2.45) is 0 Å². The summed E-state index contributed by atoms with van der Waals surface area (Å²) in [6, 6.07) is 12.6. The van der Waals surface area contributed by atoms with Gasteiger partial charge in [0.15, 0.2) is 0 Å². The highest BCUT2D eigenvalue weighted by Crippen LogP contribution is 2.24. The van der Waals surface area contributed by atoms with Gasteiger partial charge in [-0.1, -0.05) is 66.0 Å². The first kappa shape index (κ1) is 24.2. The molecular weight excluding hydrogens is 419 g/mol. The number of nitrogens with zero attached hydrogens (tertiary/aromatic N) is 1. The van der Waals surface area contributed by atoms with Crippen molar-refractivity contribution in [1.29, 1.82) is 0 Å². The molecule has 1 unspecified atom stereocenters. The molecule has 0 aromatic heterocycles. The summed E-state index contributed by atoms with van der Waals surface area (Å²) in [5.41, 5.74) is 2.50. The van der Waals surface area contributed by atoms with Gasteiger partial charge in [0.1, 0.15) is 6.04 Å². The van der Waals surface area contributed by atoms with Crippen molar-refractivity contribution < 1.29 is 9.59 Å². The van der Waals surface area contributed by atoms with Crippen LogP contribution >= 0.6 is 23.2 Å². The zero-order chi connectivity index (χ0) is 22.5. The molecule has 2 rings (SSSR count). The molecule has 0 aliphatic heterocycles. The fourth-order valence-corrected chi connectivity index (χ4v) is 3.51. The molecule has 1 N–H and O–H groups in total. The van der Waals surface area contributed by atoms with E-state index in [2.05, 4.69) is 5.32 Å². The van der Waals surface area contributed by atoms with Crippen LogP contribution in [-0.4, -0.2) is 28.3 Å². The number of nitrogens with one attached hydrogen (secondary N) is 1. The molecule has 30 heavy (non-hydrogen) atoms. The number of rotatable bonds is 7. The normalized spacial score (nSPS) is 12.4. The van der Waals surface area contributed by atoms with Crippen LogP contribution < -0.4 is 5.32 Å². The lowest BCUT2D eigenvalue weighted by Crippen LogP contribution is -2.53. The molecule has 1 atom stereocenters. The van der Waals surface area contributed by atoms with E-state index in [0.29, 0.717) is 23.0 Å². The van der Waals surface area contributed by atoms with Crippen LogP contribution in [0.5, 0.6) is 0 Å². The van der Waals surface area contributed by atoms with E-state index in [1.165, 1.54) is 0 Å². The highest BCUT2D eigenvalue weighted by molar-refractivity contribution is 6.42. The van der Waals surface area contributed by atoms with Crippen LogP contribution in [0.4, 0.5) is 0 Å². The number of hydrogen-bond acceptors (Lipinski definition) is 2. The quantitative estimate of drug-likeness (QED) is 0.601. The molecule has 2 aromatic carbocycles. The SMILES string of the molecule is CCC(C(=O)NC(C)(C)C)N(Cc1ccc(C)cc1)C(=O)Cc1ccc(Cl)c(Cl)c1. The molecule has 0 spiro atoms. The van der Waals surface area contributed by atoms with Gasteiger partial charge in [-0.25, -0.2) is 0 Å². The van der Waals surface area contributed by atoms with E-state index < -0.39 is 6.04 Å². The third-order valence-electron chi connectivity index (χ3n) is 4.70. The van der Waals surface area contributed by atoms with Crippen molar-refractivity contribution in [3.8, 4) is 0 Å². The minimum absolute atomic E-state index is 0.134. The van der Waals surface area contributed by atoms with Gasteiger partial charge in [-0.3, -0.25) is 9.59 Å². The van der Waals surface area contributed by atoms with Gasteiger partial charge < -0.3 is 10.2 Å². The third kappa shape index (κ3) is 7.03. The van der Waals surface area contributed by atoms with Gasteiger partial charge in [0, 0.05) is 12.1 Å². The summed E-state index contributed by atoms with van der Waals surface area (Å²) in [6.07, 6.45) is 0.656. The number of carbonyl (C=O) groups is 2. The van der Waals surface area contributed by atoms with Crippen molar-refractivity contribution >= 4 is 35.0 Å². The largest absolute Gasteiger partial charge is 0.350 e. The summed E-state index contributed by atoms with van der Waals surface area (Å²) in [5.74, 6) is -0.288. The molecular formula is C24H30Cl2N2O2. The monoisotopic (exact) mass is 448 g/mol. The Kier molecular flexibility index (Phi) is 8.34. The Balaban J connectivity index is 2.32. The third-order valence-corrected chi connectivity index (χ3v) is 5.44. The Labute approximate surface area is 189 Å². The zero-order valence-electron chi connectivity index (χ0n) is 18.3. The Bertz CT molecular complexity index is 889. The number of amides is 2. The van der Waals surface area contributed by atoms with E-state index >= 15 is 0 Å². The Hall–Kier alpha value is -2.04. The summed E-state index contributed by atoms with van der Waals surface area (Å²) in [6.45, 7) is 10.1. The fraction of sp³-hybridized carbons (Fsp3) is 0.417. The van der Waals surface area contributed by atoms with Gasteiger partial charge in [-0.05, 0) is 57.4 Å². The van der Waals surface area contributed by atoms with Gasteiger partial charge >= 0.3 is 0 Å². The predicted octanol–water partition coefficient (Wildman–Crippen LogP) is 5.57. The first-order chi connectivity index (χ1) is 14.0. The summed E-state index contributed by atoms with van der Waals surface area (Å²) in [4.78, 5) is 28.0.